The first-order valence-electron chi connectivity index (χ1n) is 5.41. The highest BCUT2D eigenvalue weighted by molar-refractivity contribution is 5.90. The molecule has 0 bridgehead atoms. The smallest absolute Gasteiger partial charge is 0.337 e. The minimum Gasteiger partial charge on any atom is -0.465 e. The van der Waals surface area contributed by atoms with Gasteiger partial charge in [-0.05, 0) is 18.2 Å². The normalized spacial score (nSPS) is 9.95. The van der Waals surface area contributed by atoms with Crippen LogP contribution in [-0.2, 0) is 4.74 Å². The van der Waals surface area contributed by atoms with Crippen LogP contribution in [0.15, 0.2) is 42.6 Å². The summed E-state index contributed by atoms with van der Waals surface area (Å²) in [6, 6.07) is 9.62. The Morgan fingerprint density at radius 2 is 2.11 bits per heavy atom. The van der Waals surface area contributed by atoms with Gasteiger partial charge in [-0.25, -0.2) is 9.78 Å². The van der Waals surface area contributed by atoms with Crippen LogP contribution in [-0.4, -0.2) is 23.0 Å². The van der Waals surface area contributed by atoms with Gasteiger partial charge in [-0.15, -0.1) is 0 Å². The second-order valence-corrected chi connectivity index (χ2v) is 3.73. The van der Waals surface area contributed by atoms with Gasteiger partial charge in [-0.3, -0.25) is 10.1 Å². The Labute approximate surface area is 108 Å². The van der Waals surface area contributed by atoms with Crippen molar-refractivity contribution in [1.82, 2.24) is 4.98 Å². The summed E-state index contributed by atoms with van der Waals surface area (Å²) >= 11 is 0. The van der Waals surface area contributed by atoms with Crippen molar-refractivity contribution in [3.8, 4) is 11.3 Å². The van der Waals surface area contributed by atoms with Crippen LogP contribution in [0.4, 0.5) is 5.69 Å². The van der Waals surface area contributed by atoms with Crippen LogP contribution in [0.3, 0.4) is 0 Å². The SMILES string of the molecule is COC(=O)c1cccc(-c2ccc([N+](=O)[O-])cn2)c1. The van der Waals surface area contributed by atoms with E-state index in [-0.39, 0.29) is 5.69 Å². The Kier molecular flexibility index (Phi) is 3.51. The quantitative estimate of drug-likeness (QED) is 0.479. The van der Waals surface area contributed by atoms with Crippen LogP contribution in [0.5, 0.6) is 0 Å². The molecule has 0 saturated heterocycles. The second kappa shape index (κ2) is 5.26. The van der Waals surface area contributed by atoms with E-state index in [0.29, 0.717) is 16.8 Å². The largest absolute Gasteiger partial charge is 0.465 e. The summed E-state index contributed by atoms with van der Waals surface area (Å²) in [6.45, 7) is 0. The van der Waals surface area contributed by atoms with Crippen LogP contribution in [0.2, 0.25) is 0 Å². The molecule has 2 rings (SSSR count). The number of rotatable bonds is 3. The summed E-state index contributed by atoms with van der Waals surface area (Å²) < 4.78 is 4.63. The number of carbonyl (C=O) groups excluding carboxylic acids is 1. The summed E-state index contributed by atoms with van der Waals surface area (Å²) in [5.41, 5.74) is 1.57. The zero-order valence-electron chi connectivity index (χ0n) is 10.1. The molecular formula is C13H10N2O4. The fourth-order valence-electron chi connectivity index (χ4n) is 1.59. The van der Waals surface area contributed by atoms with Gasteiger partial charge in [-0.2, -0.15) is 0 Å². The minimum absolute atomic E-state index is 0.0760. The third kappa shape index (κ3) is 2.74. The molecule has 0 aliphatic carbocycles. The third-order valence-corrected chi connectivity index (χ3v) is 2.54. The molecule has 0 unspecified atom stereocenters. The van der Waals surface area contributed by atoms with Gasteiger partial charge in [0.05, 0.1) is 23.3 Å². The minimum atomic E-state index is -0.512. The zero-order valence-corrected chi connectivity index (χ0v) is 10.1. The van der Waals surface area contributed by atoms with Crippen LogP contribution in [0, 0.1) is 10.1 Å². The number of ether oxygens (including phenoxy) is 1. The standard InChI is InChI=1S/C13H10N2O4/c1-19-13(16)10-4-2-3-9(7-10)12-6-5-11(8-14-12)15(17)18/h2-8H,1H3. The average Bonchev–Trinajstić information content (AvgIpc) is 2.46. The Hall–Kier alpha value is -2.76. The van der Waals surface area contributed by atoms with Crippen molar-refractivity contribution >= 4 is 11.7 Å². The van der Waals surface area contributed by atoms with Crippen molar-refractivity contribution < 1.29 is 14.5 Å². The second-order valence-electron chi connectivity index (χ2n) is 3.73. The van der Waals surface area contributed by atoms with Gasteiger partial charge in [0.15, 0.2) is 0 Å². The molecular weight excluding hydrogens is 248 g/mol. The Bertz CT molecular complexity index is 623. The van der Waals surface area contributed by atoms with Crippen LogP contribution in [0.1, 0.15) is 10.4 Å². The highest BCUT2D eigenvalue weighted by atomic mass is 16.6. The van der Waals surface area contributed by atoms with E-state index in [4.69, 9.17) is 0 Å². The van der Waals surface area contributed by atoms with Gasteiger partial charge < -0.3 is 4.74 Å². The third-order valence-electron chi connectivity index (χ3n) is 2.54. The summed E-state index contributed by atoms with van der Waals surface area (Å²) in [5, 5.41) is 10.5. The van der Waals surface area contributed by atoms with E-state index in [9.17, 15) is 14.9 Å². The molecule has 1 aromatic heterocycles. The molecule has 96 valence electrons. The molecule has 2 aromatic rings. The molecule has 6 nitrogen and oxygen atoms in total. The Balaban J connectivity index is 2.36. The summed E-state index contributed by atoms with van der Waals surface area (Å²) in [6.07, 6.45) is 1.18. The molecule has 0 aliphatic heterocycles. The Morgan fingerprint density at radius 3 is 2.68 bits per heavy atom. The molecule has 0 amide bonds. The van der Waals surface area contributed by atoms with E-state index < -0.39 is 10.9 Å². The van der Waals surface area contributed by atoms with Gasteiger partial charge >= 0.3 is 5.97 Å². The van der Waals surface area contributed by atoms with E-state index in [0.717, 1.165) is 0 Å². The van der Waals surface area contributed by atoms with E-state index >= 15 is 0 Å². The van der Waals surface area contributed by atoms with Gasteiger partial charge in [-0.1, -0.05) is 12.1 Å². The molecule has 1 aromatic carbocycles. The number of nitro groups is 1. The van der Waals surface area contributed by atoms with Crippen molar-refractivity contribution in [2.45, 2.75) is 0 Å². The maximum Gasteiger partial charge on any atom is 0.337 e. The first-order chi connectivity index (χ1) is 9.11. The van der Waals surface area contributed by atoms with Crippen LogP contribution < -0.4 is 0 Å². The first kappa shape index (κ1) is 12.7. The van der Waals surface area contributed by atoms with Crippen LogP contribution in [0.25, 0.3) is 11.3 Å². The number of benzene rings is 1. The predicted molar refractivity (Wildman–Crippen MR) is 67.7 cm³/mol. The van der Waals surface area contributed by atoms with Gasteiger partial charge in [0.25, 0.3) is 5.69 Å². The summed E-state index contributed by atoms with van der Waals surface area (Å²) in [7, 11) is 1.30. The lowest BCUT2D eigenvalue weighted by Crippen LogP contribution is -2.01. The van der Waals surface area contributed by atoms with E-state index in [2.05, 4.69) is 9.72 Å². The number of hydrogen-bond donors (Lipinski definition) is 0. The van der Waals surface area contributed by atoms with Crippen LogP contribution >= 0.6 is 0 Å². The molecule has 0 saturated carbocycles. The van der Waals surface area contributed by atoms with Gasteiger partial charge in [0.1, 0.15) is 6.20 Å². The lowest BCUT2D eigenvalue weighted by atomic mass is 10.1. The van der Waals surface area contributed by atoms with E-state index in [1.54, 1.807) is 24.3 Å². The first-order valence-corrected chi connectivity index (χ1v) is 5.41. The maximum atomic E-state index is 11.4. The molecule has 0 radical (unpaired) electrons. The highest BCUT2D eigenvalue weighted by Gasteiger charge is 2.09. The Morgan fingerprint density at radius 1 is 1.32 bits per heavy atom. The van der Waals surface area contributed by atoms with Crippen molar-refractivity contribution in [2.24, 2.45) is 0 Å². The molecule has 19 heavy (non-hydrogen) atoms. The number of pyridine rings is 1. The topological polar surface area (TPSA) is 82.3 Å². The molecule has 0 N–H and O–H groups in total. The number of hydrogen-bond acceptors (Lipinski definition) is 5. The fourth-order valence-corrected chi connectivity index (χ4v) is 1.59. The van der Waals surface area contributed by atoms with E-state index in [1.807, 2.05) is 0 Å². The van der Waals surface area contributed by atoms with Crippen molar-refractivity contribution in [3.05, 3.63) is 58.3 Å². The number of carbonyl (C=O) groups is 1. The number of aromatic nitrogens is 1. The van der Waals surface area contributed by atoms with Gasteiger partial charge in [0.2, 0.25) is 0 Å². The lowest BCUT2D eigenvalue weighted by molar-refractivity contribution is -0.385. The molecule has 1 heterocycles. The fraction of sp³-hybridized carbons (Fsp3) is 0.0769. The molecule has 6 heteroatoms. The number of methoxy groups -OCH3 is 1. The molecule has 0 spiro atoms. The highest BCUT2D eigenvalue weighted by Crippen LogP contribution is 2.20. The zero-order chi connectivity index (χ0) is 13.8. The molecule has 0 aliphatic rings. The molecule has 0 fully saturated rings. The average molecular weight is 258 g/mol. The van der Waals surface area contributed by atoms with Crippen molar-refractivity contribution in [1.29, 1.82) is 0 Å². The summed E-state index contributed by atoms with van der Waals surface area (Å²) in [4.78, 5) is 25.4. The lowest BCUT2D eigenvalue weighted by Gasteiger charge is -2.03. The molecule has 0 atom stereocenters. The predicted octanol–water partition coefficient (Wildman–Crippen LogP) is 2.44. The summed E-state index contributed by atoms with van der Waals surface area (Å²) in [5.74, 6) is -0.441. The monoisotopic (exact) mass is 258 g/mol. The van der Waals surface area contributed by atoms with Crippen molar-refractivity contribution in [3.63, 3.8) is 0 Å². The van der Waals surface area contributed by atoms with Crippen molar-refractivity contribution in [2.75, 3.05) is 7.11 Å². The van der Waals surface area contributed by atoms with Gasteiger partial charge in [0, 0.05) is 11.6 Å². The number of esters is 1. The van der Waals surface area contributed by atoms with E-state index in [1.165, 1.54) is 25.4 Å². The number of nitrogens with zero attached hydrogens (tertiary/aromatic N) is 2. The maximum absolute atomic E-state index is 11.4.